The average Bonchev–Trinajstić information content (AvgIpc) is 2.66. The molecular weight excluding hydrogens is 372 g/mol. The van der Waals surface area contributed by atoms with Gasteiger partial charge in [0.15, 0.2) is 5.16 Å². The van der Waals surface area contributed by atoms with Gasteiger partial charge in [0.05, 0.1) is 24.1 Å². The highest BCUT2D eigenvalue weighted by Crippen LogP contribution is 2.28. The van der Waals surface area contributed by atoms with E-state index in [9.17, 15) is 4.79 Å². The number of nitrogens with zero attached hydrogens (tertiary/aromatic N) is 2. The fourth-order valence-corrected chi connectivity index (χ4v) is 3.23. The molecule has 0 radical (unpaired) electrons. The van der Waals surface area contributed by atoms with Crippen molar-refractivity contribution >= 4 is 51.7 Å². The number of rotatable bonds is 6. The van der Waals surface area contributed by atoms with Crippen molar-refractivity contribution in [2.45, 2.75) is 5.16 Å². The number of methoxy groups -OCH3 is 1. The molecule has 0 unspecified atom stereocenters. The van der Waals surface area contributed by atoms with Gasteiger partial charge in [-0.3, -0.25) is 4.79 Å². The van der Waals surface area contributed by atoms with Crippen LogP contribution >= 0.6 is 23.4 Å². The molecule has 0 fully saturated rings. The van der Waals surface area contributed by atoms with Crippen LogP contribution in [0.25, 0.3) is 10.9 Å². The Hall–Kier alpha value is -2.51. The lowest BCUT2D eigenvalue weighted by Gasteiger charge is -2.11. The second kappa shape index (κ2) is 8.25. The van der Waals surface area contributed by atoms with E-state index >= 15 is 0 Å². The molecule has 3 aromatic rings. The fourth-order valence-electron chi connectivity index (χ4n) is 2.40. The van der Waals surface area contributed by atoms with Gasteiger partial charge in [0, 0.05) is 17.5 Å². The van der Waals surface area contributed by atoms with E-state index in [0.717, 1.165) is 16.7 Å². The Kier molecular flexibility index (Phi) is 5.80. The lowest BCUT2D eigenvalue weighted by molar-refractivity contribution is -0.113. The third-order valence-corrected chi connectivity index (χ3v) is 4.67. The Balaban J connectivity index is 1.72. The minimum absolute atomic E-state index is 0.164. The molecule has 3 rings (SSSR count). The smallest absolute Gasteiger partial charge is 0.234 e. The van der Waals surface area contributed by atoms with Gasteiger partial charge in [0.25, 0.3) is 0 Å². The predicted octanol–water partition coefficient (Wildman–Crippen LogP) is 4.06. The first-order valence-corrected chi connectivity index (χ1v) is 9.18. The highest BCUT2D eigenvalue weighted by atomic mass is 35.5. The van der Waals surface area contributed by atoms with E-state index < -0.39 is 0 Å². The molecule has 1 aromatic heterocycles. The van der Waals surface area contributed by atoms with Gasteiger partial charge in [-0.2, -0.15) is 0 Å². The van der Waals surface area contributed by atoms with Crippen LogP contribution in [0.5, 0.6) is 5.75 Å². The first-order chi connectivity index (χ1) is 12.6. The number of fused-ring (bicyclic) bond motifs is 1. The van der Waals surface area contributed by atoms with Crippen molar-refractivity contribution in [1.82, 2.24) is 9.97 Å². The number of thioether (sulfide) groups is 1. The third-order valence-electron chi connectivity index (χ3n) is 3.59. The summed E-state index contributed by atoms with van der Waals surface area (Å²) in [6, 6.07) is 12.8. The molecule has 6 nitrogen and oxygen atoms in total. The second-order valence-corrected chi connectivity index (χ2v) is 6.68. The molecule has 0 aliphatic heterocycles. The lowest BCUT2D eigenvalue weighted by atomic mass is 10.2. The van der Waals surface area contributed by atoms with Crippen molar-refractivity contribution < 1.29 is 9.53 Å². The molecule has 2 aromatic carbocycles. The van der Waals surface area contributed by atoms with Crippen molar-refractivity contribution in [2.75, 3.05) is 30.5 Å². The monoisotopic (exact) mass is 388 g/mol. The molecule has 26 heavy (non-hydrogen) atoms. The van der Waals surface area contributed by atoms with Gasteiger partial charge in [0.2, 0.25) is 5.91 Å². The molecule has 0 saturated heterocycles. The largest absolute Gasteiger partial charge is 0.495 e. The Morgan fingerprint density at radius 1 is 1.23 bits per heavy atom. The number of halogens is 1. The molecule has 8 heteroatoms. The van der Waals surface area contributed by atoms with Crippen molar-refractivity contribution in [3.63, 3.8) is 0 Å². The van der Waals surface area contributed by atoms with Gasteiger partial charge in [-0.1, -0.05) is 35.5 Å². The van der Waals surface area contributed by atoms with Crippen LogP contribution in [-0.4, -0.2) is 35.8 Å². The minimum Gasteiger partial charge on any atom is -0.495 e. The van der Waals surface area contributed by atoms with Gasteiger partial charge in [-0.25, -0.2) is 9.97 Å². The van der Waals surface area contributed by atoms with E-state index in [1.54, 1.807) is 25.2 Å². The summed E-state index contributed by atoms with van der Waals surface area (Å²) in [5.41, 5.74) is 1.35. The summed E-state index contributed by atoms with van der Waals surface area (Å²) in [4.78, 5) is 21.2. The molecule has 1 amide bonds. The van der Waals surface area contributed by atoms with E-state index in [0.29, 0.717) is 21.6 Å². The highest BCUT2D eigenvalue weighted by Gasteiger charge is 2.12. The second-order valence-electron chi connectivity index (χ2n) is 5.30. The van der Waals surface area contributed by atoms with E-state index in [1.165, 1.54) is 18.9 Å². The topological polar surface area (TPSA) is 76.1 Å². The highest BCUT2D eigenvalue weighted by molar-refractivity contribution is 7.99. The molecule has 2 N–H and O–H groups in total. The molecule has 1 heterocycles. The first-order valence-electron chi connectivity index (χ1n) is 7.81. The molecule has 0 saturated carbocycles. The van der Waals surface area contributed by atoms with Crippen molar-refractivity contribution in [1.29, 1.82) is 0 Å². The molecule has 134 valence electrons. The third kappa shape index (κ3) is 4.17. The first kappa shape index (κ1) is 18.3. The molecule has 0 aliphatic carbocycles. The van der Waals surface area contributed by atoms with Gasteiger partial charge in [0.1, 0.15) is 11.6 Å². The van der Waals surface area contributed by atoms with E-state index in [-0.39, 0.29) is 11.7 Å². The zero-order valence-electron chi connectivity index (χ0n) is 14.2. The predicted molar refractivity (Wildman–Crippen MR) is 106 cm³/mol. The zero-order chi connectivity index (χ0) is 18.5. The summed E-state index contributed by atoms with van der Waals surface area (Å²) in [7, 11) is 3.34. The molecule has 0 bridgehead atoms. The van der Waals surface area contributed by atoms with Crippen LogP contribution in [-0.2, 0) is 4.79 Å². The maximum absolute atomic E-state index is 12.3. The van der Waals surface area contributed by atoms with Crippen LogP contribution in [0.15, 0.2) is 47.6 Å². The number of carbonyl (C=O) groups excluding carboxylic acids is 1. The summed E-state index contributed by atoms with van der Waals surface area (Å²) in [5.74, 6) is 1.25. The van der Waals surface area contributed by atoms with Gasteiger partial charge in [-0.05, 0) is 30.3 Å². The van der Waals surface area contributed by atoms with Crippen LogP contribution in [0.1, 0.15) is 0 Å². The summed E-state index contributed by atoms with van der Waals surface area (Å²) in [6.45, 7) is 0. The van der Waals surface area contributed by atoms with E-state index in [4.69, 9.17) is 16.3 Å². The molecular formula is C18H17ClN4O2S. The van der Waals surface area contributed by atoms with Crippen LogP contribution < -0.4 is 15.4 Å². The van der Waals surface area contributed by atoms with Crippen LogP contribution in [0.4, 0.5) is 11.5 Å². The quantitative estimate of drug-likeness (QED) is 0.489. The van der Waals surface area contributed by atoms with Crippen molar-refractivity contribution in [3.8, 4) is 5.75 Å². The van der Waals surface area contributed by atoms with Crippen LogP contribution in [0, 0.1) is 0 Å². The fraction of sp³-hybridized carbons (Fsp3) is 0.167. The van der Waals surface area contributed by atoms with Gasteiger partial charge in [-0.15, -0.1) is 0 Å². The standard InChI is InChI=1S/C18H17ClN4O2S/c1-20-17-12-5-3-4-6-13(12)22-18(23-17)26-10-16(24)21-14-9-11(19)7-8-15(14)25-2/h3-9H,10H2,1-2H3,(H,21,24)(H,20,22,23). The number of amides is 1. The Morgan fingerprint density at radius 3 is 2.81 bits per heavy atom. The summed E-state index contributed by atoms with van der Waals surface area (Å²) in [5, 5.41) is 7.85. The maximum Gasteiger partial charge on any atom is 0.234 e. The Bertz CT molecular complexity index is 952. The van der Waals surface area contributed by atoms with Crippen LogP contribution in [0.2, 0.25) is 5.02 Å². The summed E-state index contributed by atoms with van der Waals surface area (Å²) in [6.07, 6.45) is 0. The molecule has 0 spiro atoms. The number of nitrogens with one attached hydrogen (secondary N) is 2. The minimum atomic E-state index is -0.196. The normalized spacial score (nSPS) is 10.6. The average molecular weight is 389 g/mol. The van der Waals surface area contributed by atoms with Crippen LogP contribution in [0.3, 0.4) is 0 Å². The number of carbonyl (C=O) groups is 1. The van der Waals surface area contributed by atoms with Crippen molar-refractivity contribution in [2.24, 2.45) is 0 Å². The number of anilines is 2. The van der Waals surface area contributed by atoms with E-state index in [1.807, 2.05) is 24.3 Å². The lowest BCUT2D eigenvalue weighted by Crippen LogP contribution is -2.15. The summed E-state index contributed by atoms with van der Waals surface area (Å²) < 4.78 is 5.23. The van der Waals surface area contributed by atoms with Gasteiger partial charge >= 0.3 is 0 Å². The number of para-hydroxylation sites is 1. The zero-order valence-corrected chi connectivity index (χ0v) is 15.8. The number of hydrogen-bond acceptors (Lipinski definition) is 6. The number of hydrogen-bond donors (Lipinski definition) is 2. The Morgan fingerprint density at radius 2 is 2.04 bits per heavy atom. The number of benzene rings is 2. The molecule has 0 atom stereocenters. The number of aromatic nitrogens is 2. The molecule has 0 aliphatic rings. The maximum atomic E-state index is 12.3. The van der Waals surface area contributed by atoms with Crippen molar-refractivity contribution in [3.05, 3.63) is 47.5 Å². The van der Waals surface area contributed by atoms with Gasteiger partial charge < -0.3 is 15.4 Å². The van der Waals surface area contributed by atoms with E-state index in [2.05, 4.69) is 20.6 Å². The summed E-state index contributed by atoms with van der Waals surface area (Å²) >= 11 is 7.24. The Labute approximate surface area is 160 Å². The number of ether oxygens (including phenoxy) is 1. The SMILES string of the molecule is CNc1nc(SCC(=O)Nc2cc(Cl)ccc2OC)nc2ccccc12.